The third-order valence-electron chi connectivity index (χ3n) is 3.76. The van der Waals surface area contributed by atoms with Crippen LogP contribution in [0.25, 0.3) is 0 Å². The molecule has 4 heteroatoms. The fourth-order valence-electron chi connectivity index (χ4n) is 2.72. The Bertz CT molecular complexity index is 459. The quantitative estimate of drug-likeness (QED) is 0.931. The van der Waals surface area contributed by atoms with Gasteiger partial charge in [-0.2, -0.15) is 0 Å². The van der Waals surface area contributed by atoms with Crippen molar-refractivity contribution in [3.05, 3.63) is 28.7 Å². The number of nitrogens with zero attached hydrogens (tertiary/aromatic N) is 1. The van der Waals surface area contributed by atoms with Crippen LogP contribution in [0.4, 0.5) is 5.69 Å². The van der Waals surface area contributed by atoms with Gasteiger partial charge >= 0.3 is 0 Å². The van der Waals surface area contributed by atoms with E-state index in [0.717, 1.165) is 16.7 Å². The summed E-state index contributed by atoms with van der Waals surface area (Å²) in [6.45, 7) is 5.14. The molecule has 98 valence electrons. The van der Waals surface area contributed by atoms with E-state index in [4.69, 9.17) is 0 Å². The monoisotopic (exact) mass is 310 g/mol. The zero-order valence-electron chi connectivity index (χ0n) is 11.0. The minimum Gasteiger partial charge on any atom is -0.319 e. The van der Waals surface area contributed by atoms with Gasteiger partial charge < -0.3 is 10.2 Å². The summed E-state index contributed by atoms with van der Waals surface area (Å²) >= 11 is 3.46. The van der Waals surface area contributed by atoms with Gasteiger partial charge in [-0.05, 0) is 39.1 Å². The summed E-state index contributed by atoms with van der Waals surface area (Å²) in [5, 5.41) is 3.18. The third-order valence-corrected chi connectivity index (χ3v) is 4.26. The van der Waals surface area contributed by atoms with Crippen LogP contribution in [0, 0.1) is 5.92 Å². The number of carbonyl (C=O) groups is 1. The van der Waals surface area contributed by atoms with E-state index in [1.54, 1.807) is 0 Å². The van der Waals surface area contributed by atoms with E-state index in [1.165, 1.54) is 0 Å². The Kier molecular flexibility index (Phi) is 3.78. The van der Waals surface area contributed by atoms with Gasteiger partial charge in [-0.1, -0.05) is 22.0 Å². The molecule has 0 radical (unpaired) electrons. The number of hydrogen-bond acceptors (Lipinski definition) is 2. The van der Waals surface area contributed by atoms with E-state index in [1.807, 2.05) is 36.2 Å². The molecule has 1 fully saturated rings. The van der Waals surface area contributed by atoms with Gasteiger partial charge in [-0.15, -0.1) is 0 Å². The van der Waals surface area contributed by atoms with Crippen molar-refractivity contribution < 1.29 is 4.79 Å². The predicted octanol–water partition coefficient (Wildman–Crippen LogP) is 2.80. The lowest BCUT2D eigenvalue weighted by Crippen LogP contribution is -2.46. The zero-order valence-corrected chi connectivity index (χ0v) is 12.6. The molecule has 2 rings (SSSR count). The van der Waals surface area contributed by atoms with E-state index in [-0.39, 0.29) is 11.4 Å². The summed E-state index contributed by atoms with van der Waals surface area (Å²) in [6.07, 6.45) is 0.611. The number of carbonyl (C=O) groups excluding carboxylic acids is 1. The Morgan fingerprint density at radius 1 is 1.50 bits per heavy atom. The number of hydrogen-bond donors (Lipinski definition) is 1. The second-order valence-corrected chi connectivity index (χ2v) is 6.24. The molecule has 1 atom stereocenters. The minimum atomic E-state index is -0.152. The van der Waals surface area contributed by atoms with E-state index in [2.05, 4.69) is 35.1 Å². The molecule has 1 N–H and O–H groups in total. The summed E-state index contributed by atoms with van der Waals surface area (Å²) in [4.78, 5) is 14.2. The molecular weight excluding hydrogens is 292 g/mol. The first-order valence-electron chi connectivity index (χ1n) is 6.20. The van der Waals surface area contributed by atoms with Gasteiger partial charge in [-0.3, -0.25) is 4.79 Å². The molecular formula is C14H19BrN2O. The highest BCUT2D eigenvalue weighted by atomic mass is 79.9. The first kappa shape index (κ1) is 13.6. The average molecular weight is 311 g/mol. The average Bonchev–Trinajstić information content (AvgIpc) is 2.49. The summed E-state index contributed by atoms with van der Waals surface area (Å²) in [7, 11) is 1.93. The highest BCUT2D eigenvalue weighted by molar-refractivity contribution is 9.10. The molecule has 0 saturated carbocycles. The molecule has 0 aliphatic carbocycles. The van der Waals surface area contributed by atoms with Crippen molar-refractivity contribution in [1.82, 2.24) is 5.32 Å². The number of halogens is 1. The highest BCUT2D eigenvalue weighted by Gasteiger charge is 2.46. The minimum absolute atomic E-state index is 0.152. The van der Waals surface area contributed by atoms with E-state index < -0.39 is 0 Å². The van der Waals surface area contributed by atoms with Crippen LogP contribution in [-0.4, -0.2) is 25.0 Å². The van der Waals surface area contributed by atoms with Crippen LogP contribution in [-0.2, 0) is 4.79 Å². The Morgan fingerprint density at radius 2 is 2.22 bits per heavy atom. The predicted molar refractivity (Wildman–Crippen MR) is 77.7 cm³/mol. The van der Waals surface area contributed by atoms with Crippen molar-refractivity contribution in [2.75, 3.05) is 18.5 Å². The fraction of sp³-hybridized carbons (Fsp3) is 0.500. The van der Waals surface area contributed by atoms with Crippen LogP contribution < -0.4 is 10.2 Å². The molecule has 1 aliphatic rings. The smallest absolute Gasteiger partial charge is 0.227 e. The lowest BCUT2D eigenvalue weighted by Gasteiger charge is -2.36. The summed E-state index contributed by atoms with van der Waals surface area (Å²) in [5.41, 5.74) is 0.818. The van der Waals surface area contributed by atoms with Crippen molar-refractivity contribution in [3.63, 3.8) is 0 Å². The lowest BCUT2D eigenvalue weighted by atomic mass is 9.88. The normalized spacial score (nSPS) is 22.6. The van der Waals surface area contributed by atoms with Crippen LogP contribution in [0.5, 0.6) is 0 Å². The molecule has 3 nitrogen and oxygen atoms in total. The number of nitrogens with one attached hydrogen (secondary N) is 1. The first-order valence-corrected chi connectivity index (χ1v) is 6.99. The van der Waals surface area contributed by atoms with Gasteiger partial charge in [0.2, 0.25) is 5.91 Å². The largest absolute Gasteiger partial charge is 0.319 e. The zero-order chi connectivity index (χ0) is 13.3. The van der Waals surface area contributed by atoms with Crippen LogP contribution in [0.1, 0.15) is 20.3 Å². The maximum Gasteiger partial charge on any atom is 0.227 e. The van der Waals surface area contributed by atoms with Gasteiger partial charge in [0.25, 0.3) is 0 Å². The molecule has 1 aromatic carbocycles. The van der Waals surface area contributed by atoms with Crippen LogP contribution in [0.2, 0.25) is 0 Å². The molecule has 1 aliphatic heterocycles. The SMILES string of the molecule is CNCC1CC(=O)N(c2cccc(Br)c2)C1(C)C. The van der Waals surface area contributed by atoms with Gasteiger partial charge in [0.1, 0.15) is 0 Å². The van der Waals surface area contributed by atoms with Crippen molar-refractivity contribution in [2.24, 2.45) is 5.92 Å². The Hall–Kier alpha value is -0.870. The van der Waals surface area contributed by atoms with Crippen molar-refractivity contribution in [3.8, 4) is 0 Å². The molecule has 0 bridgehead atoms. The van der Waals surface area contributed by atoms with Gasteiger partial charge in [0.05, 0.1) is 0 Å². The summed E-state index contributed by atoms with van der Waals surface area (Å²) < 4.78 is 1.00. The summed E-state index contributed by atoms with van der Waals surface area (Å²) in [6, 6.07) is 7.93. The Labute approximate surface area is 117 Å². The number of amides is 1. The maximum absolute atomic E-state index is 12.3. The lowest BCUT2D eigenvalue weighted by molar-refractivity contribution is -0.117. The maximum atomic E-state index is 12.3. The molecule has 0 spiro atoms. The van der Waals surface area contributed by atoms with Gasteiger partial charge in [-0.25, -0.2) is 0 Å². The molecule has 1 amide bonds. The van der Waals surface area contributed by atoms with Crippen LogP contribution in [0.15, 0.2) is 28.7 Å². The Balaban J connectivity index is 2.35. The molecule has 18 heavy (non-hydrogen) atoms. The summed E-state index contributed by atoms with van der Waals surface area (Å²) in [5.74, 6) is 0.548. The second kappa shape index (κ2) is 5.02. The van der Waals surface area contributed by atoms with Crippen molar-refractivity contribution in [2.45, 2.75) is 25.8 Å². The molecule has 1 aromatic rings. The van der Waals surface area contributed by atoms with Crippen molar-refractivity contribution >= 4 is 27.5 Å². The number of benzene rings is 1. The van der Waals surface area contributed by atoms with Crippen molar-refractivity contribution in [1.29, 1.82) is 0 Å². The van der Waals surface area contributed by atoms with E-state index >= 15 is 0 Å². The van der Waals surface area contributed by atoms with Gasteiger partial charge in [0.15, 0.2) is 0 Å². The number of rotatable bonds is 3. The van der Waals surface area contributed by atoms with E-state index in [9.17, 15) is 4.79 Å². The second-order valence-electron chi connectivity index (χ2n) is 5.32. The number of anilines is 1. The third kappa shape index (κ3) is 2.31. The molecule has 1 saturated heterocycles. The molecule has 0 aromatic heterocycles. The van der Waals surface area contributed by atoms with E-state index in [0.29, 0.717) is 12.3 Å². The van der Waals surface area contributed by atoms with Gasteiger partial charge in [0, 0.05) is 34.6 Å². The topological polar surface area (TPSA) is 32.3 Å². The fourth-order valence-corrected chi connectivity index (χ4v) is 3.10. The highest BCUT2D eigenvalue weighted by Crippen LogP contribution is 2.39. The first-order chi connectivity index (χ1) is 8.46. The standard InChI is InChI=1S/C14H19BrN2O/c1-14(2)10(9-16-3)7-13(18)17(14)12-6-4-5-11(15)8-12/h4-6,8,10,16H,7,9H2,1-3H3. The Morgan fingerprint density at radius 3 is 2.83 bits per heavy atom. The van der Waals surface area contributed by atoms with Crippen LogP contribution >= 0.6 is 15.9 Å². The molecule has 1 heterocycles. The molecule has 1 unspecified atom stereocenters. The van der Waals surface area contributed by atoms with Crippen LogP contribution in [0.3, 0.4) is 0 Å².